The molecule has 88 valence electrons. The van der Waals surface area contributed by atoms with Crippen LogP contribution in [0.4, 0.5) is 0 Å². The summed E-state index contributed by atoms with van der Waals surface area (Å²) in [5, 5.41) is 10.3. The third-order valence-electron chi connectivity index (χ3n) is 2.71. The van der Waals surface area contributed by atoms with Crippen LogP contribution in [0.15, 0.2) is 18.2 Å². The summed E-state index contributed by atoms with van der Waals surface area (Å²) in [6, 6.07) is 6.24. The third-order valence-corrected chi connectivity index (χ3v) is 2.71. The van der Waals surface area contributed by atoms with Crippen LogP contribution in [0.2, 0.25) is 0 Å². The summed E-state index contributed by atoms with van der Waals surface area (Å²) < 4.78 is 0. The smallest absolute Gasteiger partial charge is 0.0472 e. The Kier molecular flexibility index (Phi) is 4.56. The van der Waals surface area contributed by atoms with E-state index in [1.807, 2.05) is 13.8 Å². The number of aliphatic hydroxyl groups excluding tert-OH is 1. The first-order chi connectivity index (χ1) is 7.74. The molecule has 1 aromatic carbocycles. The molecule has 0 saturated heterocycles. The SMILES string of the molecule is CC.Cc1[nH]c2cccc(C)c2c1CCO. The fourth-order valence-corrected chi connectivity index (χ4v) is 2.06. The molecule has 0 saturated carbocycles. The van der Waals surface area contributed by atoms with Crippen LogP contribution >= 0.6 is 0 Å². The van der Waals surface area contributed by atoms with Gasteiger partial charge in [-0.3, -0.25) is 0 Å². The molecule has 0 bridgehead atoms. The molecule has 0 atom stereocenters. The first-order valence-electron chi connectivity index (χ1n) is 5.91. The summed E-state index contributed by atoms with van der Waals surface area (Å²) in [5.41, 5.74) is 4.87. The van der Waals surface area contributed by atoms with Crippen molar-refractivity contribution in [2.24, 2.45) is 0 Å². The van der Waals surface area contributed by atoms with Gasteiger partial charge in [0, 0.05) is 23.2 Å². The van der Waals surface area contributed by atoms with Crippen molar-refractivity contribution in [3.63, 3.8) is 0 Å². The number of hydrogen-bond donors (Lipinski definition) is 2. The summed E-state index contributed by atoms with van der Waals surface area (Å²) >= 11 is 0. The van der Waals surface area contributed by atoms with Gasteiger partial charge < -0.3 is 10.1 Å². The molecule has 0 amide bonds. The van der Waals surface area contributed by atoms with Crippen molar-refractivity contribution in [2.45, 2.75) is 34.1 Å². The van der Waals surface area contributed by atoms with E-state index < -0.39 is 0 Å². The topological polar surface area (TPSA) is 36.0 Å². The number of fused-ring (bicyclic) bond motifs is 1. The maximum atomic E-state index is 9.00. The van der Waals surface area contributed by atoms with E-state index in [9.17, 15) is 0 Å². The molecule has 2 nitrogen and oxygen atoms in total. The molecule has 1 heterocycles. The van der Waals surface area contributed by atoms with E-state index in [4.69, 9.17) is 5.11 Å². The molecule has 0 aliphatic heterocycles. The molecular formula is C14H21NO. The van der Waals surface area contributed by atoms with E-state index >= 15 is 0 Å². The molecule has 0 unspecified atom stereocenters. The van der Waals surface area contributed by atoms with E-state index in [1.165, 1.54) is 27.7 Å². The van der Waals surface area contributed by atoms with Gasteiger partial charge in [-0.15, -0.1) is 0 Å². The number of nitrogens with one attached hydrogen (secondary N) is 1. The summed E-state index contributed by atoms with van der Waals surface area (Å²) in [5.74, 6) is 0. The highest BCUT2D eigenvalue weighted by Crippen LogP contribution is 2.25. The number of rotatable bonds is 2. The number of aryl methyl sites for hydroxylation is 2. The summed E-state index contributed by atoms with van der Waals surface area (Å²) in [6.07, 6.45) is 0.733. The highest BCUT2D eigenvalue weighted by Gasteiger charge is 2.08. The normalized spacial score (nSPS) is 10.1. The molecule has 0 aliphatic rings. The van der Waals surface area contributed by atoms with Gasteiger partial charge in [0.25, 0.3) is 0 Å². The number of aliphatic hydroxyl groups is 1. The standard InChI is InChI=1S/C12H15NO.C2H6/c1-8-4-3-5-11-12(8)10(6-7-14)9(2)13-11;1-2/h3-5,13-14H,6-7H2,1-2H3;1-2H3. The first-order valence-corrected chi connectivity index (χ1v) is 5.91. The average Bonchev–Trinajstić information content (AvgIpc) is 2.60. The number of benzene rings is 1. The molecule has 0 aliphatic carbocycles. The lowest BCUT2D eigenvalue weighted by Crippen LogP contribution is -1.92. The fourth-order valence-electron chi connectivity index (χ4n) is 2.06. The Labute approximate surface area is 97.3 Å². The van der Waals surface area contributed by atoms with Gasteiger partial charge in [-0.2, -0.15) is 0 Å². The zero-order chi connectivity index (χ0) is 12.1. The molecule has 0 fully saturated rings. The van der Waals surface area contributed by atoms with Gasteiger partial charge >= 0.3 is 0 Å². The van der Waals surface area contributed by atoms with Crippen LogP contribution in [0.5, 0.6) is 0 Å². The van der Waals surface area contributed by atoms with Crippen LogP contribution in [0.1, 0.15) is 30.7 Å². The predicted octanol–water partition coefficient (Wildman–Crippen LogP) is 3.35. The first kappa shape index (κ1) is 12.8. The molecule has 1 aromatic heterocycles. The second kappa shape index (κ2) is 5.71. The zero-order valence-corrected chi connectivity index (χ0v) is 10.6. The van der Waals surface area contributed by atoms with Crippen molar-refractivity contribution < 1.29 is 5.11 Å². The largest absolute Gasteiger partial charge is 0.396 e. The van der Waals surface area contributed by atoms with Gasteiger partial charge in [-0.1, -0.05) is 26.0 Å². The summed E-state index contributed by atoms with van der Waals surface area (Å²) in [7, 11) is 0. The maximum absolute atomic E-state index is 9.00. The van der Waals surface area contributed by atoms with Crippen molar-refractivity contribution in [3.05, 3.63) is 35.0 Å². The Balaban J connectivity index is 0.000000606. The van der Waals surface area contributed by atoms with Gasteiger partial charge in [0.1, 0.15) is 0 Å². The van der Waals surface area contributed by atoms with E-state index in [2.05, 4.69) is 37.0 Å². The van der Waals surface area contributed by atoms with Crippen LogP contribution < -0.4 is 0 Å². The van der Waals surface area contributed by atoms with E-state index in [0.717, 1.165) is 6.42 Å². The maximum Gasteiger partial charge on any atom is 0.0472 e. The minimum Gasteiger partial charge on any atom is -0.396 e. The quantitative estimate of drug-likeness (QED) is 0.798. The third kappa shape index (κ3) is 2.27. The predicted molar refractivity (Wildman–Crippen MR) is 69.9 cm³/mol. The van der Waals surface area contributed by atoms with Crippen LogP contribution in [0, 0.1) is 13.8 Å². The number of hydrogen-bond acceptors (Lipinski definition) is 1. The van der Waals surface area contributed by atoms with Crippen molar-refractivity contribution in [1.82, 2.24) is 4.98 Å². The van der Waals surface area contributed by atoms with Crippen LogP contribution in [0.3, 0.4) is 0 Å². The molecule has 2 rings (SSSR count). The Morgan fingerprint density at radius 3 is 2.50 bits per heavy atom. The van der Waals surface area contributed by atoms with Crippen LogP contribution in [0.25, 0.3) is 10.9 Å². The number of aromatic nitrogens is 1. The molecule has 0 spiro atoms. The van der Waals surface area contributed by atoms with Crippen LogP contribution in [-0.2, 0) is 6.42 Å². The highest BCUT2D eigenvalue weighted by molar-refractivity contribution is 5.87. The highest BCUT2D eigenvalue weighted by atomic mass is 16.2. The van der Waals surface area contributed by atoms with Gasteiger partial charge in [-0.25, -0.2) is 0 Å². The molecule has 0 radical (unpaired) electrons. The Bertz CT molecular complexity index is 457. The second-order valence-electron chi connectivity index (χ2n) is 3.70. The molecule has 2 heteroatoms. The molecule has 16 heavy (non-hydrogen) atoms. The number of aromatic amines is 1. The fraction of sp³-hybridized carbons (Fsp3) is 0.429. The van der Waals surface area contributed by atoms with E-state index in [0.29, 0.717) is 0 Å². The van der Waals surface area contributed by atoms with Crippen molar-refractivity contribution in [3.8, 4) is 0 Å². The van der Waals surface area contributed by atoms with E-state index in [1.54, 1.807) is 0 Å². The minimum absolute atomic E-state index is 0.210. The Hall–Kier alpha value is -1.28. The average molecular weight is 219 g/mol. The Morgan fingerprint density at radius 2 is 1.88 bits per heavy atom. The Morgan fingerprint density at radius 1 is 1.19 bits per heavy atom. The second-order valence-corrected chi connectivity index (χ2v) is 3.70. The summed E-state index contributed by atoms with van der Waals surface area (Å²) in [6.45, 7) is 8.38. The van der Waals surface area contributed by atoms with Crippen molar-refractivity contribution >= 4 is 10.9 Å². The van der Waals surface area contributed by atoms with Gasteiger partial charge in [0.15, 0.2) is 0 Å². The molecule has 2 N–H and O–H groups in total. The van der Waals surface area contributed by atoms with Gasteiger partial charge in [0.05, 0.1) is 0 Å². The molecule has 2 aromatic rings. The molecular weight excluding hydrogens is 198 g/mol. The summed E-state index contributed by atoms with van der Waals surface area (Å²) in [4.78, 5) is 3.34. The monoisotopic (exact) mass is 219 g/mol. The van der Waals surface area contributed by atoms with Gasteiger partial charge in [-0.05, 0) is 37.5 Å². The van der Waals surface area contributed by atoms with Crippen molar-refractivity contribution in [1.29, 1.82) is 0 Å². The van der Waals surface area contributed by atoms with Crippen LogP contribution in [-0.4, -0.2) is 16.7 Å². The lowest BCUT2D eigenvalue weighted by atomic mass is 10.0. The number of H-pyrrole nitrogens is 1. The zero-order valence-electron chi connectivity index (χ0n) is 10.6. The van der Waals surface area contributed by atoms with E-state index in [-0.39, 0.29) is 6.61 Å². The van der Waals surface area contributed by atoms with Crippen molar-refractivity contribution in [2.75, 3.05) is 6.61 Å². The lowest BCUT2D eigenvalue weighted by molar-refractivity contribution is 0.300. The van der Waals surface area contributed by atoms with Gasteiger partial charge in [0.2, 0.25) is 0 Å². The lowest BCUT2D eigenvalue weighted by Gasteiger charge is -2.00. The minimum atomic E-state index is 0.210.